The molecule has 0 heterocycles. The lowest BCUT2D eigenvalue weighted by atomic mass is 9.87. The molecule has 23 heavy (non-hydrogen) atoms. The zero-order valence-electron chi connectivity index (χ0n) is 14.4. The van der Waals surface area contributed by atoms with Gasteiger partial charge in [-0.25, -0.2) is 0 Å². The number of Topliss-reactive ketones (excluding diaryl/α,β-unsaturated/α-hetero) is 2. The van der Waals surface area contributed by atoms with E-state index in [2.05, 4.69) is 32.9 Å². The van der Waals surface area contributed by atoms with Gasteiger partial charge in [-0.3, -0.25) is 9.59 Å². The third-order valence-electron chi connectivity index (χ3n) is 5.22. The van der Waals surface area contributed by atoms with Gasteiger partial charge in [-0.2, -0.15) is 0 Å². The Hall–Kier alpha value is -1.90. The van der Waals surface area contributed by atoms with Crippen LogP contribution in [0, 0.1) is 18.8 Å². The summed E-state index contributed by atoms with van der Waals surface area (Å²) in [5.74, 6) is 0.760. The number of rotatable bonds is 4. The number of ketones is 2. The average Bonchev–Trinajstić information content (AvgIpc) is 3.02. The second-order valence-electron chi connectivity index (χ2n) is 6.63. The maximum atomic E-state index is 13.0. The number of hydrogen-bond donors (Lipinski definition) is 0. The van der Waals surface area contributed by atoms with Gasteiger partial charge in [-0.05, 0) is 36.5 Å². The highest BCUT2D eigenvalue weighted by Crippen LogP contribution is 2.48. The summed E-state index contributed by atoms with van der Waals surface area (Å²) in [6.07, 6.45) is 2.57. The summed E-state index contributed by atoms with van der Waals surface area (Å²) in [6, 6.07) is 4.34. The van der Waals surface area contributed by atoms with Crippen LogP contribution in [0.4, 0.5) is 0 Å². The molecule has 1 saturated carbocycles. The smallest absolute Gasteiger partial charge is 0.171 e. The molecule has 1 fully saturated rings. The van der Waals surface area contributed by atoms with Gasteiger partial charge in [-0.15, -0.1) is 0 Å². The highest BCUT2D eigenvalue weighted by atomic mass is 16.5. The fourth-order valence-electron chi connectivity index (χ4n) is 4.22. The van der Waals surface area contributed by atoms with Crippen LogP contribution < -0.4 is 0 Å². The van der Waals surface area contributed by atoms with Crippen molar-refractivity contribution in [2.75, 3.05) is 7.11 Å². The first-order chi connectivity index (χ1) is 11.0. The number of methoxy groups -OCH3 is 1. The molecule has 0 spiro atoms. The van der Waals surface area contributed by atoms with Crippen LogP contribution in [0.5, 0.6) is 0 Å². The van der Waals surface area contributed by atoms with Crippen LogP contribution >= 0.6 is 0 Å². The summed E-state index contributed by atoms with van der Waals surface area (Å²) < 4.78 is 5.65. The van der Waals surface area contributed by atoms with Gasteiger partial charge in [0, 0.05) is 24.7 Å². The van der Waals surface area contributed by atoms with Crippen molar-refractivity contribution in [3.05, 3.63) is 40.1 Å². The Morgan fingerprint density at radius 1 is 1.04 bits per heavy atom. The lowest BCUT2D eigenvalue weighted by Crippen LogP contribution is -2.13. The number of carbonyl (C=O) groups is 2. The van der Waals surface area contributed by atoms with Gasteiger partial charge >= 0.3 is 0 Å². The molecule has 0 bridgehead atoms. The minimum Gasteiger partial charge on any atom is -0.500 e. The van der Waals surface area contributed by atoms with E-state index in [4.69, 9.17) is 4.74 Å². The second-order valence-corrected chi connectivity index (χ2v) is 6.63. The molecule has 1 aromatic carbocycles. The Morgan fingerprint density at radius 3 is 2.13 bits per heavy atom. The van der Waals surface area contributed by atoms with Crippen molar-refractivity contribution in [1.82, 2.24) is 0 Å². The molecular weight excluding hydrogens is 288 g/mol. The summed E-state index contributed by atoms with van der Waals surface area (Å²) in [6.45, 7) is 6.33. The molecule has 2 atom stereocenters. The summed E-state index contributed by atoms with van der Waals surface area (Å²) in [7, 11) is 1.62. The minimum absolute atomic E-state index is 0.0503. The molecule has 122 valence electrons. The van der Waals surface area contributed by atoms with Gasteiger partial charge in [0.1, 0.15) is 11.5 Å². The van der Waals surface area contributed by atoms with Crippen molar-refractivity contribution in [3.63, 3.8) is 0 Å². The Kier molecular flexibility index (Phi) is 4.13. The highest BCUT2D eigenvalue weighted by Gasteiger charge is 2.49. The van der Waals surface area contributed by atoms with E-state index >= 15 is 0 Å². The lowest BCUT2D eigenvalue weighted by Gasteiger charge is -2.17. The Balaban J connectivity index is 2.23. The largest absolute Gasteiger partial charge is 0.500 e. The fourth-order valence-corrected chi connectivity index (χ4v) is 4.22. The van der Waals surface area contributed by atoms with Crippen LogP contribution in [0.3, 0.4) is 0 Å². The molecule has 3 nitrogen and oxygen atoms in total. The van der Waals surface area contributed by atoms with Crippen LogP contribution in [0.25, 0.3) is 5.57 Å². The zero-order chi connectivity index (χ0) is 16.7. The second kappa shape index (κ2) is 5.95. The first-order valence-corrected chi connectivity index (χ1v) is 8.48. The van der Waals surface area contributed by atoms with Crippen molar-refractivity contribution in [1.29, 1.82) is 0 Å². The van der Waals surface area contributed by atoms with Crippen LogP contribution in [0.1, 0.15) is 48.9 Å². The normalized spacial score (nSPS) is 23.7. The van der Waals surface area contributed by atoms with Crippen LogP contribution in [0.15, 0.2) is 17.9 Å². The number of allylic oxidation sites excluding steroid dienone is 2. The average molecular weight is 312 g/mol. The van der Waals surface area contributed by atoms with E-state index in [1.807, 2.05) is 0 Å². The first kappa shape index (κ1) is 16.0. The summed E-state index contributed by atoms with van der Waals surface area (Å²) >= 11 is 0. The van der Waals surface area contributed by atoms with Crippen molar-refractivity contribution < 1.29 is 14.3 Å². The monoisotopic (exact) mass is 312 g/mol. The molecule has 1 aromatic rings. The van der Waals surface area contributed by atoms with Gasteiger partial charge in [0.25, 0.3) is 0 Å². The van der Waals surface area contributed by atoms with Gasteiger partial charge in [-0.1, -0.05) is 31.5 Å². The van der Waals surface area contributed by atoms with E-state index in [9.17, 15) is 9.59 Å². The number of ether oxygens (including phenoxy) is 1. The van der Waals surface area contributed by atoms with E-state index in [0.29, 0.717) is 12.8 Å². The van der Waals surface area contributed by atoms with Crippen LogP contribution in [0.2, 0.25) is 0 Å². The maximum absolute atomic E-state index is 13.0. The number of aryl methyl sites for hydroxylation is 3. The number of carbonyl (C=O) groups excluding carboxylic acids is 2. The van der Waals surface area contributed by atoms with E-state index in [1.54, 1.807) is 7.11 Å². The zero-order valence-corrected chi connectivity index (χ0v) is 14.4. The summed E-state index contributed by atoms with van der Waals surface area (Å²) in [5, 5.41) is 0. The van der Waals surface area contributed by atoms with Gasteiger partial charge in [0.05, 0.1) is 12.7 Å². The Morgan fingerprint density at radius 2 is 1.61 bits per heavy atom. The van der Waals surface area contributed by atoms with Crippen molar-refractivity contribution in [3.8, 4) is 0 Å². The third kappa shape index (κ3) is 2.43. The van der Waals surface area contributed by atoms with Gasteiger partial charge in [0.2, 0.25) is 0 Å². The van der Waals surface area contributed by atoms with Gasteiger partial charge < -0.3 is 4.74 Å². The highest BCUT2D eigenvalue weighted by molar-refractivity contribution is 6.27. The standard InChI is InChI=1S/C20H24O3/c1-5-12-7-11(3)8-13(6-2)17(12)18-19(22)15-9-14(21)10-16(15)20(18)23-4/h7-8,15-16H,5-6,9-10H2,1-4H3. The predicted octanol–water partition coefficient (Wildman–Crippen LogP) is 3.66. The topological polar surface area (TPSA) is 43.4 Å². The van der Waals surface area contributed by atoms with E-state index in [0.717, 1.165) is 29.7 Å². The predicted molar refractivity (Wildman–Crippen MR) is 90.1 cm³/mol. The van der Waals surface area contributed by atoms with E-state index < -0.39 is 0 Å². The number of hydrogen-bond acceptors (Lipinski definition) is 3. The molecule has 2 aliphatic carbocycles. The molecule has 2 aliphatic rings. The lowest BCUT2D eigenvalue weighted by molar-refractivity contribution is -0.121. The molecule has 0 saturated heterocycles. The van der Waals surface area contributed by atoms with Crippen molar-refractivity contribution in [2.24, 2.45) is 11.8 Å². The van der Waals surface area contributed by atoms with Crippen molar-refractivity contribution >= 4 is 17.1 Å². The molecule has 2 unspecified atom stereocenters. The van der Waals surface area contributed by atoms with E-state index in [1.165, 1.54) is 16.7 Å². The van der Waals surface area contributed by atoms with E-state index in [-0.39, 0.29) is 23.4 Å². The van der Waals surface area contributed by atoms with Crippen molar-refractivity contribution in [2.45, 2.75) is 46.5 Å². The molecule has 3 rings (SSSR count). The third-order valence-corrected chi connectivity index (χ3v) is 5.22. The fraction of sp³-hybridized carbons (Fsp3) is 0.500. The number of fused-ring (bicyclic) bond motifs is 1. The molecule has 3 heteroatoms. The molecule has 0 aliphatic heterocycles. The van der Waals surface area contributed by atoms with Crippen LogP contribution in [-0.2, 0) is 27.2 Å². The SMILES string of the molecule is CCc1cc(C)cc(CC)c1C1=C(OC)C2CC(=O)CC2C1=O. The molecule has 0 radical (unpaired) electrons. The molecule has 0 aromatic heterocycles. The Labute approximate surface area is 137 Å². The molecule has 0 N–H and O–H groups in total. The first-order valence-electron chi connectivity index (χ1n) is 8.48. The molecule has 0 amide bonds. The summed E-state index contributed by atoms with van der Waals surface area (Å²) in [5.41, 5.74) is 5.42. The summed E-state index contributed by atoms with van der Waals surface area (Å²) in [4.78, 5) is 24.8. The van der Waals surface area contributed by atoms with Gasteiger partial charge in [0.15, 0.2) is 5.78 Å². The minimum atomic E-state index is -0.205. The quantitative estimate of drug-likeness (QED) is 0.852. The number of benzene rings is 1. The Bertz CT molecular complexity index is 687. The molecular formula is C20H24O3. The maximum Gasteiger partial charge on any atom is 0.171 e. The van der Waals surface area contributed by atoms with Crippen LogP contribution in [-0.4, -0.2) is 18.7 Å².